The van der Waals surface area contributed by atoms with Gasteiger partial charge < -0.3 is 9.32 Å². The van der Waals surface area contributed by atoms with E-state index in [-0.39, 0.29) is 5.76 Å². The maximum Gasteiger partial charge on any atom is 0.421 e. The lowest BCUT2D eigenvalue weighted by Gasteiger charge is -2.34. The molecule has 2 heterocycles. The standard InChI is InChI=1S/C17H23N3O2/c1-13-2-5-16-15(10-13)20(17(21)22-16)12-19-8-6-18(7-9-19)11-14-3-4-14/h2,5,10,14H,3-4,6-9,11-12H2,1H3. The Morgan fingerprint density at radius 2 is 1.86 bits per heavy atom. The Balaban J connectivity index is 1.46. The number of nitrogens with zero attached hydrogens (tertiary/aromatic N) is 3. The maximum atomic E-state index is 12.1. The lowest BCUT2D eigenvalue weighted by molar-refractivity contribution is 0.103. The van der Waals surface area contributed by atoms with Gasteiger partial charge in [0.25, 0.3) is 0 Å². The molecule has 0 radical (unpaired) electrons. The summed E-state index contributed by atoms with van der Waals surface area (Å²) in [6.45, 7) is 8.21. The molecule has 5 nitrogen and oxygen atoms in total. The predicted octanol–water partition coefficient (Wildman–Crippen LogP) is 1.89. The molecule has 1 aliphatic heterocycles. The van der Waals surface area contributed by atoms with Gasteiger partial charge in [-0.25, -0.2) is 4.79 Å². The normalized spacial score (nSPS) is 20.8. The van der Waals surface area contributed by atoms with Gasteiger partial charge in [-0.2, -0.15) is 0 Å². The molecule has 0 unspecified atom stereocenters. The van der Waals surface area contributed by atoms with Crippen LogP contribution in [0.15, 0.2) is 27.4 Å². The number of benzene rings is 1. The number of hydrogen-bond donors (Lipinski definition) is 0. The molecule has 2 aliphatic rings. The first-order valence-electron chi connectivity index (χ1n) is 8.24. The molecular weight excluding hydrogens is 278 g/mol. The van der Waals surface area contributed by atoms with Gasteiger partial charge in [0, 0.05) is 32.7 Å². The molecule has 0 spiro atoms. The minimum Gasteiger partial charge on any atom is -0.408 e. The first-order valence-corrected chi connectivity index (χ1v) is 8.24. The zero-order valence-electron chi connectivity index (χ0n) is 13.1. The molecule has 1 saturated carbocycles. The highest BCUT2D eigenvalue weighted by atomic mass is 16.4. The summed E-state index contributed by atoms with van der Waals surface area (Å²) in [6.07, 6.45) is 2.83. The van der Waals surface area contributed by atoms with Crippen LogP contribution in [0.2, 0.25) is 0 Å². The number of aryl methyl sites for hydroxylation is 1. The van der Waals surface area contributed by atoms with Crippen LogP contribution in [0.1, 0.15) is 18.4 Å². The van der Waals surface area contributed by atoms with E-state index in [0.717, 1.165) is 43.2 Å². The Morgan fingerprint density at radius 3 is 2.59 bits per heavy atom. The van der Waals surface area contributed by atoms with Gasteiger partial charge >= 0.3 is 5.76 Å². The third-order valence-corrected chi connectivity index (χ3v) is 4.84. The Labute approximate surface area is 130 Å². The second-order valence-corrected chi connectivity index (χ2v) is 6.77. The first-order chi connectivity index (χ1) is 10.7. The van der Waals surface area contributed by atoms with E-state index in [1.807, 2.05) is 25.1 Å². The minimum atomic E-state index is -0.249. The summed E-state index contributed by atoms with van der Waals surface area (Å²) < 4.78 is 7.11. The highest BCUT2D eigenvalue weighted by Gasteiger charge is 2.26. The third-order valence-electron chi connectivity index (χ3n) is 4.84. The molecule has 1 saturated heterocycles. The summed E-state index contributed by atoms with van der Waals surface area (Å²) in [5, 5.41) is 0. The van der Waals surface area contributed by atoms with Gasteiger partial charge in [-0.05, 0) is 43.4 Å². The summed E-state index contributed by atoms with van der Waals surface area (Å²) >= 11 is 0. The van der Waals surface area contributed by atoms with Crippen molar-refractivity contribution in [3.8, 4) is 0 Å². The van der Waals surface area contributed by atoms with Crippen molar-refractivity contribution < 1.29 is 4.42 Å². The quantitative estimate of drug-likeness (QED) is 0.865. The van der Waals surface area contributed by atoms with E-state index in [2.05, 4.69) is 9.80 Å². The zero-order chi connectivity index (χ0) is 15.1. The number of aromatic nitrogens is 1. The maximum absolute atomic E-state index is 12.1. The molecule has 2 fully saturated rings. The van der Waals surface area contributed by atoms with Crippen molar-refractivity contribution in [2.24, 2.45) is 5.92 Å². The summed E-state index contributed by atoms with van der Waals surface area (Å²) in [7, 11) is 0. The molecule has 1 aliphatic carbocycles. The van der Waals surface area contributed by atoms with Crippen LogP contribution in [0.25, 0.3) is 11.1 Å². The highest BCUT2D eigenvalue weighted by Crippen LogP contribution is 2.29. The van der Waals surface area contributed by atoms with Crippen molar-refractivity contribution >= 4 is 11.1 Å². The summed E-state index contributed by atoms with van der Waals surface area (Å²) in [6, 6.07) is 5.89. The van der Waals surface area contributed by atoms with Crippen molar-refractivity contribution in [3.05, 3.63) is 34.3 Å². The van der Waals surface area contributed by atoms with Gasteiger partial charge in [0.2, 0.25) is 0 Å². The molecule has 1 aromatic carbocycles. The van der Waals surface area contributed by atoms with E-state index in [4.69, 9.17) is 4.42 Å². The lowest BCUT2D eigenvalue weighted by atomic mass is 10.2. The van der Waals surface area contributed by atoms with E-state index in [1.54, 1.807) is 4.57 Å². The number of oxazole rings is 1. The molecule has 0 N–H and O–H groups in total. The predicted molar refractivity (Wildman–Crippen MR) is 85.9 cm³/mol. The topological polar surface area (TPSA) is 41.6 Å². The van der Waals surface area contributed by atoms with E-state index in [1.165, 1.54) is 19.4 Å². The third kappa shape index (κ3) is 2.83. The van der Waals surface area contributed by atoms with E-state index in [0.29, 0.717) is 12.3 Å². The van der Waals surface area contributed by atoms with Gasteiger partial charge in [0.05, 0.1) is 12.2 Å². The number of rotatable bonds is 4. The first kappa shape index (κ1) is 14.0. The van der Waals surface area contributed by atoms with Crippen LogP contribution in [0.3, 0.4) is 0 Å². The van der Waals surface area contributed by atoms with E-state index in [9.17, 15) is 4.79 Å². The van der Waals surface area contributed by atoms with Crippen LogP contribution < -0.4 is 5.76 Å². The Bertz CT molecular complexity index is 721. The molecule has 0 amide bonds. The van der Waals surface area contributed by atoms with Crippen LogP contribution in [-0.2, 0) is 6.67 Å². The van der Waals surface area contributed by atoms with E-state index >= 15 is 0 Å². The Morgan fingerprint density at radius 1 is 1.14 bits per heavy atom. The smallest absolute Gasteiger partial charge is 0.408 e. The number of fused-ring (bicyclic) bond motifs is 1. The second-order valence-electron chi connectivity index (χ2n) is 6.77. The molecule has 4 rings (SSSR count). The average molecular weight is 301 g/mol. The molecule has 1 aromatic heterocycles. The Kier molecular flexibility index (Phi) is 3.54. The molecule has 5 heteroatoms. The van der Waals surface area contributed by atoms with Crippen molar-refractivity contribution in [3.63, 3.8) is 0 Å². The fourth-order valence-corrected chi connectivity index (χ4v) is 3.28. The molecule has 118 valence electrons. The van der Waals surface area contributed by atoms with Crippen LogP contribution in [0.5, 0.6) is 0 Å². The van der Waals surface area contributed by atoms with Crippen LogP contribution in [-0.4, -0.2) is 47.1 Å². The minimum absolute atomic E-state index is 0.249. The fraction of sp³-hybridized carbons (Fsp3) is 0.588. The SMILES string of the molecule is Cc1ccc2oc(=O)n(CN3CCN(CC4CC4)CC3)c2c1. The van der Waals surface area contributed by atoms with Crippen LogP contribution in [0, 0.1) is 12.8 Å². The second kappa shape index (κ2) is 5.56. The highest BCUT2D eigenvalue weighted by molar-refractivity contribution is 5.73. The van der Waals surface area contributed by atoms with Gasteiger partial charge in [-0.1, -0.05) is 6.07 Å². The molecular formula is C17H23N3O2. The number of hydrogen-bond acceptors (Lipinski definition) is 4. The van der Waals surface area contributed by atoms with Gasteiger partial charge in [-0.3, -0.25) is 9.47 Å². The van der Waals surface area contributed by atoms with E-state index < -0.39 is 0 Å². The van der Waals surface area contributed by atoms with Crippen molar-refractivity contribution in [1.82, 2.24) is 14.4 Å². The van der Waals surface area contributed by atoms with Crippen molar-refractivity contribution in [1.29, 1.82) is 0 Å². The van der Waals surface area contributed by atoms with Gasteiger partial charge in [0.1, 0.15) is 0 Å². The fourth-order valence-electron chi connectivity index (χ4n) is 3.28. The Hall–Kier alpha value is -1.59. The molecule has 0 bridgehead atoms. The molecule has 2 aromatic rings. The van der Waals surface area contributed by atoms with Gasteiger partial charge in [0.15, 0.2) is 5.58 Å². The zero-order valence-corrected chi connectivity index (χ0v) is 13.1. The summed E-state index contributed by atoms with van der Waals surface area (Å²) in [4.78, 5) is 17.0. The van der Waals surface area contributed by atoms with Gasteiger partial charge in [-0.15, -0.1) is 0 Å². The average Bonchev–Trinajstić information content (AvgIpc) is 3.27. The largest absolute Gasteiger partial charge is 0.421 e. The van der Waals surface area contributed by atoms with Crippen LogP contribution >= 0.6 is 0 Å². The van der Waals surface area contributed by atoms with Crippen molar-refractivity contribution in [2.75, 3.05) is 32.7 Å². The molecule has 0 atom stereocenters. The van der Waals surface area contributed by atoms with Crippen molar-refractivity contribution in [2.45, 2.75) is 26.4 Å². The number of piperazine rings is 1. The summed E-state index contributed by atoms with van der Waals surface area (Å²) in [5.74, 6) is 0.705. The summed E-state index contributed by atoms with van der Waals surface area (Å²) in [5.41, 5.74) is 2.74. The monoisotopic (exact) mass is 301 g/mol. The molecule has 22 heavy (non-hydrogen) atoms. The lowest BCUT2D eigenvalue weighted by Crippen LogP contribution is -2.47. The van der Waals surface area contributed by atoms with Crippen LogP contribution in [0.4, 0.5) is 0 Å².